The van der Waals surface area contributed by atoms with Gasteiger partial charge in [0.15, 0.2) is 0 Å². The van der Waals surface area contributed by atoms with Crippen LogP contribution in [0.1, 0.15) is 0 Å². The van der Waals surface area contributed by atoms with Crippen molar-refractivity contribution in [3.63, 3.8) is 0 Å². The van der Waals surface area contributed by atoms with Gasteiger partial charge in [0.1, 0.15) is 18.5 Å². The molecule has 1 aliphatic heterocycles. The number of halogens is 1. The zero-order valence-electron chi connectivity index (χ0n) is 11.0. The molecule has 1 atom stereocenters. The van der Waals surface area contributed by atoms with Crippen molar-refractivity contribution in [3.8, 4) is 5.75 Å². The maximum atomic E-state index is 12.6. The van der Waals surface area contributed by atoms with Gasteiger partial charge in [0.05, 0.1) is 16.4 Å². The number of ether oxygens (including phenoxy) is 2. The molecule has 0 amide bonds. The van der Waals surface area contributed by atoms with Crippen molar-refractivity contribution in [2.24, 2.45) is 0 Å². The summed E-state index contributed by atoms with van der Waals surface area (Å²) in [6.07, 6.45) is 0.135. The Morgan fingerprint density at radius 1 is 1.14 bits per heavy atom. The minimum Gasteiger partial charge on any atom is -0.491 e. The van der Waals surface area contributed by atoms with Crippen molar-refractivity contribution in [2.75, 3.05) is 13.2 Å². The van der Waals surface area contributed by atoms with Crippen LogP contribution in [0.2, 0.25) is 0 Å². The van der Waals surface area contributed by atoms with E-state index in [9.17, 15) is 8.42 Å². The van der Waals surface area contributed by atoms with E-state index in [1.54, 1.807) is 48.5 Å². The molecule has 1 saturated heterocycles. The number of benzene rings is 2. The van der Waals surface area contributed by atoms with E-state index in [-0.39, 0.29) is 15.9 Å². The van der Waals surface area contributed by atoms with Crippen LogP contribution < -0.4 is 4.74 Å². The molecule has 0 aromatic heterocycles. The number of hydrogen-bond donors (Lipinski definition) is 0. The lowest BCUT2D eigenvalue weighted by Gasteiger charge is -2.08. The third kappa shape index (κ3) is 3.45. The molecule has 0 radical (unpaired) electrons. The predicted molar refractivity (Wildman–Crippen MR) is 81.3 cm³/mol. The Bertz CT molecular complexity index is 754. The van der Waals surface area contributed by atoms with Crippen molar-refractivity contribution in [2.45, 2.75) is 15.9 Å². The summed E-state index contributed by atoms with van der Waals surface area (Å²) >= 11 is 3.29. The van der Waals surface area contributed by atoms with Gasteiger partial charge >= 0.3 is 0 Å². The van der Waals surface area contributed by atoms with Gasteiger partial charge in [-0.2, -0.15) is 0 Å². The fourth-order valence-electron chi connectivity index (χ4n) is 1.85. The molecule has 0 saturated carbocycles. The van der Waals surface area contributed by atoms with Crippen LogP contribution in [-0.4, -0.2) is 27.7 Å². The van der Waals surface area contributed by atoms with Crippen LogP contribution in [0, 0.1) is 0 Å². The second-order valence-corrected chi connectivity index (χ2v) is 7.57. The van der Waals surface area contributed by atoms with Crippen molar-refractivity contribution in [1.29, 1.82) is 0 Å². The first-order chi connectivity index (χ1) is 10.1. The van der Waals surface area contributed by atoms with Gasteiger partial charge in [0.25, 0.3) is 0 Å². The van der Waals surface area contributed by atoms with Crippen LogP contribution in [0.3, 0.4) is 0 Å². The fraction of sp³-hybridized carbons (Fsp3) is 0.200. The average molecular weight is 369 g/mol. The van der Waals surface area contributed by atoms with Gasteiger partial charge in [0, 0.05) is 4.47 Å². The number of hydrogen-bond acceptors (Lipinski definition) is 4. The third-order valence-corrected chi connectivity index (χ3v) is 5.30. The zero-order valence-corrected chi connectivity index (χ0v) is 13.4. The standard InChI is InChI=1S/C15H13BrO4S/c16-11-3-1-5-14(7-11)21(17,18)15-6-2-4-12(8-15)19-9-13-10-20-13/h1-8,13H,9-10H2. The Hall–Kier alpha value is -1.37. The maximum Gasteiger partial charge on any atom is 0.206 e. The molecule has 1 fully saturated rings. The second-order valence-electron chi connectivity index (χ2n) is 4.70. The van der Waals surface area contributed by atoms with E-state index < -0.39 is 9.84 Å². The summed E-state index contributed by atoms with van der Waals surface area (Å²) in [5, 5.41) is 0. The Morgan fingerprint density at radius 2 is 1.81 bits per heavy atom. The highest BCUT2D eigenvalue weighted by Gasteiger charge is 2.23. The summed E-state index contributed by atoms with van der Waals surface area (Å²) in [5.74, 6) is 0.529. The highest BCUT2D eigenvalue weighted by Crippen LogP contribution is 2.26. The molecular weight excluding hydrogens is 356 g/mol. The van der Waals surface area contributed by atoms with Crippen LogP contribution in [0.4, 0.5) is 0 Å². The van der Waals surface area contributed by atoms with Gasteiger partial charge in [-0.3, -0.25) is 0 Å². The Morgan fingerprint density at radius 3 is 2.48 bits per heavy atom. The quantitative estimate of drug-likeness (QED) is 0.761. The lowest BCUT2D eigenvalue weighted by molar-refractivity contribution is 0.262. The average Bonchev–Trinajstić information content (AvgIpc) is 3.30. The molecule has 110 valence electrons. The molecule has 4 nitrogen and oxygen atoms in total. The lowest BCUT2D eigenvalue weighted by atomic mass is 10.3. The first-order valence-corrected chi connectivity index (χ1v) is 8.68. The summed E-state index contributed by atoms with van der Waals surface area (Å²) < 4.78 is 36.5. The van der Waals surface area contributed by atoms with Gasteiger partial charge in [-0.15, -0.1) is 0 Å². The minimum atomic E-state index is -3.55. The van der Waals surface area contributed by atoms with Gasteiger partial charge in [-0.25, -0.2) is 8.42 Å². The monoisotopic (exact) mass is 368 g/mol. The molecule has 1 aliphatic rings. The molecule has 21 heavy (non-hydrogen) atoms. The van der Waals surface area contributed by atoms with E-state index in [0.717, 1.165) is 4.47 Å². The Balaban J connectivity index is 1.89. The van der Waals surface area contributed by atoms with E-state index in [4.69, 9.17) is 9.47 Å². The number of sulfone groups is 1. The first-order valence-electron chi connectivity index (χ1n) is 6.41. The second kappa shape index (κ2) is 5.79. The van der Waals surface area contributed by atoms with Crippen molar-refractivity contribution in [3.05, 3.63) is 53.0 Å². The Labute approximate surface area is 131 Å². The molecular formula is C15H13BrO4S. The van der Waals surface area contributed by atoms with Crippen LogP contribution in [0.25, 0.3) is 0 Å². The van der Waals surface area contributed by atoms with Gasteiger partial charge in [-0.1, -0.05) is 28.1 Å². The first kappa shape index (κ1) is 14.6. The van der Waals surface area contributed by atoms with Crippen LogP contribution in [0.15, 0.2) is 62.8 Å². The largest absolute Gasteiger partial charge is 0.491 e. The zero-order chi connectivity index (χ0) is 14.9. The van der Waals surface area contributed by atoms with Crippen LogP contribution in [-0.2, 0) is 14.6 Å². The SMILES string of the molecule is O=S(=O)(c1cccc(Br)c1)c1cccc(OCC2CO2)c1. The van der Waals surface area contributed by atoms with Crippen molar-refractivity contribution >= 4 is 25.8 Å². The molecule has 2 aromatic carbocycles. The summed E-state index contributed by atoms with van der Waals surface area (Å²) in [7, 11) is -3.55. The van der Waals surface area contributed by atoms with Gasteiger partial charge in [0.2, 0.25) is 9.84 Å². The summed E-state index contributed by atoms with van der Waals surface area (Å²) in [4.78, 5) is 0.467. The highest BCUT2D eigenvalue weighted by atomic mass is 79.9. The number of rotatable bonds is 5. The van der Waals surface area contributed by atoms with Crippen LogP contribution in [0.5, 0.6) is 5.75 Å². The van der Waals surface area contributed by atoms with E-state index in [1.165, 1.54) is 0 Å². The van der Waals surface area contributed by atoms with E-state index in [1.807, 2.05) is 0 Å². The normalized spacial score (nSPS) is 17.5. The van der Waals surface area contributed by atoms with Gasteiger partial charge < -0.3 is 9.47 Å². The molecule has 0 aliphatic carbocycles. The molecule has 0 N–H and O–H groups in total. The molecule has 0 spiro atoms. The van der Waals surface area contributed by atoms with Crippen LogP contribution >= 0.6 is 15.9 Å². The maximum absolute atomic E-state index is 12.6. The number of epoxide rings is 1. The topological polar surface area (TPSA) is 55.9 Å². The predicted octanol–water partition coefficient (Wildman–Crippen LogP) is 3.06. The summed E-state index contributed by atoms with van der Waals surface area (Å²) in [5.41, 5.74) is 0. The smallest absolute Gasteiger partial charge is 0.206 e. The molecule has 1 heterocycles. The van der Waals surface area contributed by atoms with Crippen molar-refractivity contribution < 1.29 is 17.9 Å². The molecule has 2 aromatic rings. The minimum absolute atomic E-state index is 0.135. The fourth-order valence-corrected chi connectivity index (χ4v) is 3.75. The lowest BCUT2D eigenvalue weighted by Crippen LogP contribution is -2.06. The molecule has 6 heteroatoms. The van der Waals surface area contributed by atoms with E-state index >= 15 is 0 Å². The highest BCUT2D eigenvalue weighted by molar-refractivity contribution is 9.10. The summed E-state index contributed by atoms with van der Waals surface area (Å²) in [6.45, 7) is 1.15. The summed E-state index contributed by atoms with van der Waals surface area (Å²) in [6, 6.07) is 13.2. The molecule has 0 bridgehead atoms. The van der Waals surface area contributed by atoms with E-state index in [2.05, 4.69) is 15.9 Å². The van der Waals surface area contributed by atoms with Gasteiger partial charge in [-0.05, 0) is 36.4 Å². The Kier molecular flexibility index (Phi) is 4.01. The van der Waals surface area contributed by atoms with Crippen molar-refractivity contribution in [1.82, 2.24) is 0 Å². The molecule has 1 unspecified atom stereocenters. The molecule has 3 rings (SSSR count). The third-order valence-electron chi connectivity index (χ3n) is 3.06. The van der Waals surface area contributed by atoms with E-state index in [0.29, 0.717) is 19.0 Å².